The molecule has 1 nitrogen and oxygen atoms in total. The number of ketones is 1. The van der Waals surface area contributed by atoms with Crippen molar-refractivity contribution in [3.8, 4) is 0 Å². The van der Waals surface area contributed by atoms with Gasteiger partial charge in [0.1, 0.15) is 0 Å². The number of hydrogen-bond donors (Lipinski definition) is 0. The van der Waals surface area contributed by atoms with Gasteiger partial charge in [0.25, 0.3) is 0 Å². The molecular weight excluding hydrogens is 188 g/mol. The molecule has 1 rings (SSSR count). The molecule has 0 aliphatic carbocycles. The second-order valence-corrected chi connectivity index (χ2v) is 9.61. The summed E-state index contributed by atoms with van der Waals surface area (Å²) in [5.41, 5.74) is 0.939. The van der Waals surface area contributed by atoms with E-state index in [-0.39, 0.29) is 5.78 Å². The van der Waals surface area contributed by atoms with Crippen LogP contribution in [0.5, 0.6) is 0 Å². The van der Waals surface area contributed by atoms with E-state index in [0.717, 1.165) is 5.56 Å². The summed E-state index contributed by atoms with van der Waals surface area (Å²) in [6, 6.07) is 8.04. The summed E-state index contributed by atoms with van der Waals surface area (Å²) < 4.78 is 0. The van der Waals surface area contributed by atoms with Gasteiger partial charge in [-0.05, 0) is 5.19 Å². The average molecular weight is 206 g/mol. The molecule has 0 amide bonds. The topological polar surface area (TPSA) is 17.1 Å². The van der Waals surface area contributed by atoms with Crippen molar-refractivity contribution in [1.82, 2.24) is 0 Å². The SMILES string of the molecule is CCC(=O)c1ccccc1[Si](C)(C)C. The van der Waals surface area contributed by atoms with Crippen molar-refractivity contribution >= 4 is 19.0 Å². The van der Waals surface area contributed by atoms with E-state index in [2.05, 4.69) is 25.7 Å². The number of Topliss-reactive ketones (excluding diaryl/α,β-unsaturated/α-hetero) is 1. The highest BCUT2D eigenvalue weighted by atomic mass is 28.3. The lowest BCUT2D eigenvalue weighted by atomic mass is 10.1. The van der Waals surface area contributed by atoms with Crippen LogP contribution in [0.4, 0.5) is 0 Å². The van der Waals surface area contributed by atoms with Crippen LogP contribution >= 0.6 is 0 Å². The first-order valence-electron chi connectivity index (χ1n) is 5.09. The van der Waals surface area contributed by atoms with E-state index < -0.39 is 8.07 Å². The Morgan fingerprint density at radius 1 is 1.21 bits per heavy atom. The van der Waals surface area contributed by atoms with Crippen LogP contribution in [-0.4, -0.2) is 13.9 Å². The van der Waals surface area contributed by atoms with Crippen LogP contribution in [0, 0.1) is 0 Å². The predicted molar refractivity (Wildman–Crippen MR) is 64.0 cm³/mol. The molecule has 0 unspecified atom stereocenters. The largest absolute Gasteiger partial charge is 0.294 e. The van der Waals surface area contributed by atoms with Gasteiger partial charge in [0, 0.05) is 12.0 Å². The average Bonchev–Trinajstić information content (AvgIpc) is 2.15. The minimum atomic E-state index is -1.38. The fourth-order valence-electron chi connectivity index (χ4n) is 1.57. The standard InChI is InChI=1S/C12H18OSi/c1-5-11(13)10-8-6-7-9-12(10)14(2,3)4/h6-9H,5H2,1-4H3. The van der Waals surface area contributed by atoms with E-state index in [9.17, 15) is 4.79 Å². The Labute approximate surface area is 87.2 Å². The van der Waals surface area contributed by atoms with Crippen molar-refractivity contribution in [3.63, 3.8) is 0 Å². The van der Waals surface area contributed by atoms with Gasteiger partial charge in [-0.3, -0.25) is 4.79 Å². The zero-order valence-corrected chi connectivity index (χ0v) is 10.4. The Morgan fingerprint density at radius 3 is 2.29 bits per heavy atom. The fraction of sp³-hybridized carbons (Fsp3) is 0.417. The second-order valence-electron chi connectivity index (χ2n) is 4.57. The molecule has 0 bridgehead atoms. The van der Waals surface area contributed by atoms with Gasteiger partial charge >= 0.3 is 0 Å². The number of rotatable bonds is 3. The molecule has 1 aromatic rings. The van der Waals surface area contributed by atoms with Crippen molar-refractivity contribution in [3.05, 3.63) is 29.8 Å². The van der Waals surface area contributed by atoms with Crippen LogP contribution in [-0.2, 0) is 0 Å². The first-order chi connectivity index (χ1) is 6.46. The maximum absolute atomic E-state index is 11.7. The monoisotopic (exact) mass is 206 g/mol. The van der Waals surface area contributed by atoms with Gasteiger partial charge in [-0.15, -0.1) is 0 Å². The van der Waals surface area contributed by atoms with E-state index >= 15 is 0 Å². The summed E-state index contributed by atoms with van der Waals surface area (Å²) in [6.07, 6.45) is 0.599. The maximum Gasteiger partial charge on any atom is 0.162 e. The van der Waals surface area contributed by atoms with E-state index in [1.165, 1.54) is 5.19 Å². The van der Waals surface area contributed by atoms with Crippen LogP contribution in [0.15, 0.2) is 24.3 Å². The lowest BCUT2D eigenvalue weighted by molar-refractivity contribution is 0.0989. The highest BCUT2D eigenvalue weighted by Gasteiger charge is 2.21. The smallest absolute Gasteiger partial charge is 0.162 e. The van der Waals surface area contributed by atoms with Gasteiger partial charge in [0.05, 0.1) is 8.07 Å². The number of hydrogen-bond acceptors (Lipinski definition) is 1. The minimum Gasteiger partial charge on any atom is -0.294 e. The summed E-state index contributed by atoms with van der Waals surface area (Å²) in [5, 5.41) is 1.28. The molecule has 0 radical (unpaired) electrons. The summed E-state index contributed by atoms with van der Waals surface area (Å²) in [5.74, 6) is 0.267. The minimum absolute atomic E-state index is 0.267. The Hall–Kier alpha value is -0.893. The van der Waals surface area contributed by atoms with Crippen molar-refractivity contribution in [2.24, 2.45) is 0 Å². The van der Waals surface area contributed by atoms with E-state index in [4.69, 9.17) is 0 Å². The first kappa shape index (κ1) is 11.2. The molecule has 0 saturated heterocycles. The second kappa shape index (κ2) is 4.09. The van der Waals surface area contributed by atoms with Crippen molar-refractivity contribution < 1.29 is 4.79 Å². The van der Waals surface area contributed by atoms with E-state index in [1.807, 2.05) is 25.1 Å². The molecule has 0 heterocycles. The van der Waals surface area contributed by atoms with Crippen LogP contribution in [0.25, 0.3) is 0 Å². The molecule has 0 aliphatic rings. The fourth-order valence-corrected chi connectivity index (χ4v) is 3.20. The van der Waals surface area contributed by atoms with Gasteiger partial charge in [-0.2, -0.15) is 0 Å². The molecule has 14 heavy (non-hydrogen) atoms. The molecule has 0 saturated carbocycles. The maximum atomic E-state index is 11.7. The number of carbonyl (C=O) groups is 1. The summed E-state index contributed by atoms with van der Waals surface area (Å²) in [6.45, 7) is 8.74. The lowest BCUT2D eigenvalue weighted by Gasteiger charge is -2.19. The summed E-state index contributed by atoms with van der Waals surface area (Å²) in [7, 11) is -1.38. The molecule has 0 fully saturated rings. The molecular formula is C12H18OSi. The molecule has 0 aliphatic heterocycles. The lowest BCUT2D eigenvalue weighted by Crippen LogP contribution is -2.41. The highest BCUT2D eigenvalue weighted by molar-refractivity contribution is 6.89. The quantitative estimate of drug-likeness (QED) is 0.549. The van der Waals surface area contributed by atoms with Crippen molar-refractivity contribution in [2.45, 2.75) is 33.0 Å². The number of benzene rings is 1. The third-order valence-corrected chi connectivity index (χ3v) is 4.41. The van der Waals surface area contributed by atoms with Crippen LogP contribution in [0.2, 0.25) is 19.6 Å². The first-order valence-corrected chi connectivity index (χ1v) is 8.59. The van der Waals surface area contributed by atoms with Crippen molar-refractivity contribution in [1.29, 1.82) is 0 Å². The molecule has 0 N–H and O–H groups in total. The Kier molecular flexibility index (Phi) is 3.27. The third kappa shape index (κ3) is 2.32. The zero-order chi connectivity index (χ0) is 10.8. The molecule has 76 valence electrons. The van der Waals surface area contributed by atoms with Gasteiger partial charge in [0.15, 0.2) is 5.78 Å². The normalized spacial score (nSPS) is 11.4. The predicted octanol–water partition coefficient (Wildman–Crippen LogP) is 2.82. The van der Waals surface area contributed by atoms with Gasteiger partial charge in [0.2, 0.25) is 0 Å². The Balaban J connectivity index is 3.23. The van der Waals surface area contributed by atoms with Gasteiger partial charge in [-0.25, -0.2) is 0 Å². The van der Waals surface area contributed by atoms with Crippen molar-refractivity contribution in [2.75, 3.05) is 0 Å². The van der Waals surface area contributed by atoms with E-state index in [1.54, 1.807) is 0 Å². The van der Waals surface area contributed by atoms with Crippen LogP contribution in [0.1, 0.15) is 23.7 Å². The Bertz CT molecular complexity index is 336. The van der Waals surface area contributed by atoms with Crippen LogP contribution < -0.4 is 5.19 Å². The summed E-state index contributed by atoms with van der Waals surface area (Å²) >= 11 is 0. The molecule has 0 spiro atoms. The summed E-state index contributed by atoms with van der Waals surface area (Å²) in [4.78, 5) is 11.7. The molecule has 0 atom stereocenters. The Morgan fingerprint density at radius 2 is 1.79 bits per heavy atom. The molecule has 2 heteroatoms. The van der Waals surface area contributed by atoms with Gasteiger partial charge in [-0.1, -0.05) is 50.8 Å². The zero-order valence-electron chi connectivity index (χ0n) is 9.42. The number of carbonyl (C=O) groups excluding carboxylic acids is 1. The van der Waals surface area contributed by atoms with E-state index in [0.29, 0.717) is 6.42 Å². The molecule has 0 aromatic heterocycles. The highest BCUT2D eigenvalue weighted by Crippen LogP contribution is 2.09. The van der Waals surface area contributed by atoms with Gasteiger partial charge < -0.3 is 0 Å². The third-order valence-electron chi connectivity index (χ3n) is 2.36. The molecule has 1 aromatic carbocycles. The van der Waals surface area contributed by atoms with Crippen LogP contribution in [0.3, 0.4) is 0 Å².